The molecule has 0 fully saturated rings. The Hall–Kier alpha value is -2.60. The van der Waals surface area contributed by atoms with Crippen LogP contribution in [0.3, 0.4) is 0 Å². The Balaban J connectivity index is 1.68. The summed E-state index contributed by atoms with van der Waals surface area (Å²) in [5.41, 5.74) is 2.85. The fourth-order valence-corrected chi connectivity index (χ4v) is 3.67. The normalized spacial score (nSPS) is 12.0. The van der Waals surface area contributed by atoms with Crippen molar-refractivity contribution in [2.45, 2.75) is 50.9 Å². The predicted molar refractivity (Wildman–Crippen MR) is 121 cm³/mol. The third-order valence-electron chi connectivity index (χ3n) is 5.02. The molecule has 3 rings (SSSR count). The minimum absolute atomic E-state index is 0.115. The molecule has 0 aliphatic carbocycles. The number of benzene rings is 2. The maximum Gasteiger partial charge on any atom is 0.233 e. The molecule has 1 atom stereocenters. The van der Waals surface area contributed by atoms with Crippen molar-refractivity contribution in [1.82, 2.24) is 14.9 Å². The van der Waals surface area contributed by atoms with Crippen LogP contribution in [0.5, 0.6) is 0 Å². The van der Waals surface area contributed by atoms with Gasteiger partial charge in [0.2, 0.25) is 5.91 Å². The molecule has 0 unspecified atom stereocenters. The lowest BCUT2D eigenvalue weighted by Gasteiger charge is -2.15. The number of hydrogen-bond donors (Lipinski definition) is 2. The van der Waals surface area contributed by atoms with Crippen LogP contribution in [0.4, 0.5) is 4.39 Å². The second kappa shape index (κ2) is 11.0. The van der Waals surface area contributed by atoms with Crippen molar-refractivity contribution in [3.8, 4) is 0 Å². The van der Waals surface area contributed by atoms with Gasteiger partial charge in [0.1, 0.15) is 11.6 Å². The van der Waals surface area contributed by atoms with Crippen LogP contribution in [-0.4, -0.2) is 20.7 Å². The van der Waals surface area contributed by atoms with E-state index in [0.29, 0.717) is 19.5 Å². The maximum atomic E-state index is 13.6. The van der Waals surface area contributed by atoms with Gasteiger partial charge in [0.15, 0.2) is 0 Å². The van der Waals surface area contributed by atoms with E-state index in [1.54, 1.807) is 12.3 Å². The summed E-state index contributed by atoms with van der Waals surface area (Å²) in [6, 6.07) is 16.4. The molecule has 0 saturated carbocycles. The van der Waals surface area contributed by atoms with E-state index >= 15 is 0 Å². The van der Waals surface area contributed by atoms with E-state index in [-0.39, 0.29) is 11.7 Å². The number of halogens is 1. The van der Waals surface area contributed by atoms with Crippen LogP contribution in [0.25, 0.3) is 0 Å². The summed E-state index contributed by atoms with van der Waals surface area (Å²) in [4.78, 5) is 17.1. The number of amides is 1. The van der Waals surface area contributed by atoms with Gasteiger partial charge in [-0.2, -0.15) is 12.6 Å². The number of carbonyl (C=O) groups is 1. The van der Waals surface area contributed by atoms with Crippen molar-refractivity contribution in [2.75, 3.05) is 0 Å². The standard InChI is InChI=1S/C24H28FN3OS/c1-2-3-12-23-26-15-21(28(23)17-19-10-7-11-20(25)13-19)16-27-24(29)22(30)14-18-8-5-4-6-9-18/h4-11,13,15,22,30H,2-3,12,14,16-17H2,1H3,(H,27,29)/t22-/m0/s1. The zero-order valence-corrected chi connectivity index (χ0v) is 18.1. The van der Waals surface area contributed by atoms with Crippen LogP contribution in [0.2, 0.25) is 0 Å². The van der Waals surface area contributed by atoms with Crippen LogP contribution in [0.15, 0.2) is 60.8 Å². The molecule has 1 heterocycles. The fourth-order valence-electron chi connectivity index (χ4n) is 3.37. The molecule has 0 saturated heterocycles. The number of hydrogen-bond acceptors (Lipinski definition) is 3. The van der Waals surface area contributed by atoms with Gasteiger partial charge in [-0.25, -0.2) is 9.37 Å². The van der Waals surface area contributed by atoms with Gasteiger partial charge in [0.25, 0.3) is 0 Å². The Bertz CT molecular complexity index is 958. The van der Waals surface area contributed by atoms with Crippen LogP contribution >= 0.6 is 12.6 Å². The van der Waals surface area contributed by atoms with Crippen LogP contribution in [0, 0.1) is 5.82 Å². The molecule has 158 valence electrons. The van der Waals surface area contributed by atoms with Crippen molar-refractivity contribution in [1.29, 1.82) is 0 Å². The van der Waals surface area contributed by atoms with Crippen LogP contribution in [-0.2, 0) is 30.7 Å². The zero-order chi connectivity index (χ0) is 21.3. The lowest BCUT2D eigenvalue weighted by atomic mass is 10.1. The molecule has 4 nitrogen and oxygen atoms in total. The molecule has 2 aromatic carbocycles. The molecular formula is C24H28FN3OS. The molecule has 6 heteroatoms. The van der Waals surface area contributed by atoms with Crippen molar-refractivity contribution >= 4 is 18.5 Å². The number of carbonyl (C=O) groups excluding carboxylic acids is 1. The molecule has 30 heavy (non-hydrogen) atoms. The molecule has 0 spiro atoms. The highest BCUT2D eigenvalue weighted by molar-refractivity contribution is 7.81. The lowest BCUT2D eigenvalue weighted by Crippen LogP contribution is -2.33. The van der Waals surface area contributed by atoms with E-state index < -0.39 is 5.25 Å². The summed E-state index contributed by atoms with van der Waals surface area (Å²) in [6.07, 6.45) is 5.32. The molecule has 0 aliphatic rings. The van der Waals surface area contributed by atoms with Gasteiger partial charge in [-0.05, 0) is 36.1 Å². The Labute approximate surface area is 183 Å². The van der Waals surface area contributed by atoms with Crippen molar-refractivity contribution < 1.29 is 9.18 Å². The minimum Gasteiger partial charge on any atom is -0.350 e. The Morgan fingerprint density at radius 3 is 2.67 bits per heavy atom. The summed E-state index contributed by atoms with van der Waals surface area (Å²) in [7, 11) is 0. The van der Waals surface area contributed by atoms with Crippen molar-refractivity contribution in [3.63, 3.8) is 0 Å². The van der Waals surface area contributed by atoms with E-state index in [2.05, 4.69) is 34.4 Å². The number of nitrogens with one attached hydrogen (secondary N) is 1. The van der Waals surface area contributed by atoms with Gasteiger partial charge in [0, 0.05) is 13.0 Å². The summed E-state index contributed by atoms with van der Waals surface area (Å²) < 4.78 is 15.7. The predicted octanol–water partition coefficient (Wildman–Crippen LogP) is 4.57. The summed E-state index contributed by atoms with van der Waals surface area (Å²) in [6.45, 7) is 3.02. The second-order valence-corrected chi connectivity index (χ2v) is 8.03. The average molecular weight is 426 g/mol. The summed E-state index contributed by atoms with van der Waals surface area (Å²) in [5, 5.41) is 2.55. The van der Waals surface area contributed by atoms with E-state index in [1.807, 2.05) is 36.4 Å². The molecule has 3 aromatic rings. The summed E-state index contributed by atoms with van der Waals surface area (Å²) in [5.74, 6) is 0.587. The van der Waals surface area contributed by atoms with Gasteiger partial charge in [-0.15, -0.1) is 0 Å². The highest BCUT2D eigenvalue weighted by atomic mass is 32.1. The first-order valence-electron chi connectivity index (χ1n) is 10.3. The number of imidazole rings is 1. The van der Waals surface area contributed by atoms with E-state index in [1.165, 1.54) is 12.1 Å². The lowest BCUT2D eigenvalue weighted by molar-refractivity contribution is -0.120. The first-order valence-corrected chi connectivity index (χ1v) is 10.9. The Kier molecular flexibility index (Phi) is 8.08. The SMILES string of the molecule is CCCCc1ncc(CNC(=O)[C@@H](S)Cc2ccccc2)n1Cc1cccc(F)c1. The van der Waals surface area contributed by atoms with Gasteiger partial charge in [-0.3, -0.25) is 4.79 Å². The fraction of sp³-hybridized carbons (Fsp3) is 0.333. The molecule has 1 amide bonds. The largest absolute Gasteiger partial charge is 0.350 e. The Morgan fingerprint density at radius 1 is 1.17 bits per heavy atom. The molecular weight excluding hydrogens is 397 g/mol. The molecule has 1 N–H and O–H groups in total. The quantitative estimate of drug-likeness (QED) is 0.468. The minimum atomic E-state index is -0.424. The molecule has 0 bridgehead atoms. The number of thiol groups is 1. The number of unbranched alkanes of at least 4 members (excludes halogenated alkanes) is 1. The monoisotopic (exact) mass is 425 g/mol. The average Bonchev–Trinajstić information content (AvgIpc) is 3.12. The van der Waals surface area contributed by atoms with Gasteiger partial charge in [0.05, 0.1) is 23.7 Å². The molecule has 0 radical (unpaired) electrons. The van der Waals surface area contributed by atoms with Gasteiger partial charge < -0.3 is 9.88 Å². The third kappa shape index (κ3) is 6.20. The zero-order valence-electron chi connectivity index (χ0n) is 17.2. The highest BCUT2D eigenvalue weighted by Gasteiger charge is 2.16. The van der Waals surface area contributed by atoms with Gasteiger partial charge in [-0.1, -0.05) is 55.8 Å². The van der Waals surface area contributed by atoms with E-state index in [9.17, 15) is 9.18 Å². The molecule has 0 aliphatic heterocycles. The van der Waals surface area contributed by atoms with Crippen LogP contribution < -0.4 is 5.32 Å². The van der Waals surface area contributed by atoms with E-state index in [0.717, 1.165) is 41.9 Å². The first kappa shape index (κ1) is 22.1. The van der Waals surface area contributed by atoms with Crippen molar-refractivity contribution in [2.24, 2.45) is 0 Å². The number of aryl methyl sites for hydroxylation is 1. The second-order valence-electron chi connectivity index (χ2n) is 7.41. The van der Waals surface area contributed by atoms with Crippen molar-refractivity contribution in [3.05, 3.63) is 89.3 Å². The smallest absolute Gasteiger partial charge is 0.233 e. The van der Waals surface area contributed by atoms with E-state index in [4.69, 9.17) is 0 Å². The maximum absolute atomic E-state index is 13.6. The number of nitrogens with zero attached hydrogens (tertiary/aromatic N) is 2. The van der Waals surface area contributed by atoms with Gasteiger partial charge >= 0.3 is 0 Å². The first-order chi connectivity index (χ1) is 14.6. The topological polar surface area (TPSA) is 46.9 Å². The molecule has 1 aromatic heterocycles. The highest BCUT2D eigenvalue weighted by Crippen LogP contribution is 2.14. The number of rotatable bonds is 10. The Morgan fingerprint density at radius 2 is 1.93 bits per heavy atom. The number of aromatic nitrogens is 2. The third-order valence-corrected chi connectivity index (χ3v) is 5.44. The van der Waals surface area contributed by atoms with Crippen LogP contribution in [0.1, 0.15) is 42.4 Å². The summed E-state index contributed by atoms with van der Waals surface area (Å²) >= 11 is 4.48.